The van der Waals surface area contributed by atoms with Crippen molar-refractivity contribution in [2.24, 2.45) is 0 Å². The Bertz CT molecular complexity index is 70.0. The largest absolute Gasteiger partial charge is 0.394 e. The number of ether oxygens (including phenoxy) is 1. The summed E-state index contributed by atoms with van der Waals surface area (Å²) in [5.41, 5.74) is 0. The van der Waals surface area contributed by atoms with Crippen LogP contribution in [0.1, 0.15) is 0 Å². The van der Waals surface area contributed by atoms with Crippen molar-refractivity contribution in [3.05, 3.63) is 0 Å². The lowest BCUT2D eigenvalue weighted by Gasteiger charge is -2.12. The Morgan fingerprint density at radius 3 is 2.80 bits per heavy atom. The van der Waals surface area contributed by atoms with Crippen molar-refractivity contribution in [3.8, 4) is 0 Å². The van der Waals surface area contributed by atoms with Crippen LogP contribution in [0.3, 0.4) is 0 Å². The quantitative estimate of drug-likeness (QED) is 0.508. The molecule has 4 heteroatoms. The first-order chi connectivity index (χ1) is 4.85. The van der Waals surface area contributed by atoms with Gasteiger partial charge in [-0.2, -0.15) is 0 Å². The molecule has 1 unspecified atom stereocenters. The molecule has 10 heavy (non-hydrogen) atoms. The molecule has 1 atom stereocenters. The predicted octanol–water partition coefficient (Wildman–Crippen LogP) is -0.986. The molecule has 0 amide bonds. The summed E-state index contributed by atoms with van der Waals surface area (Å²) in [7, 11) is 1.75. The van der Waals surface area contributed by atoms with E-state index in [-0.39, 0.29) is 25.9 Å². The zero-order chi connectivity index (χ0) is 7.82. The summed E-state index contributed by atoms with van der Waals surface area (Å²) in [6.07, 6.45) is -0.308. The van der Waals surface area contributed by atoms with Gasteiger partial charge in [0.05, 0.1) is 19.3 Å². The molecular weight excluding hydrogens is 134 g/mol. The van der Waals surface area contributed by atoms with E-state index < -0.39 is 0 Å². The van der Waals surface area contributed by atoms with E-state index in [2.05, 4.69) is 5.32 Å². The lowest BCUT2D eigenvalue weighted by Crippen LogP contribution is -2.30. The molecule has 0 aliphatic carbocycles. The molecule has 1 radical (unpaired) electrons. The third kappa shape index (κ3) is 4.69. The number of likely N-dealkylation sites (N-methyl/N-ethyl adjacent to an activating group) is 1. The van der Waals surface area contributed by atoms with Crippen LogP contribution in [0.4, 0.5) is 0 Å². The van der Waals surface area contributed by atoms with Crippen molar-refractivity contribution < 1.29 is 14.9 Å². The fourth-order valence-electron chi connectivity index (χ4n) is 0.613. The smallest absolute Gasteiger partial charge is 0.110 e. The second-order valence-electron chi connectivity index (χ2n) is 1.94. The second kappa shape index (κ2) is 6.95. The second-order valence-corrected chi connectivity index (χ2v) is 1.94. The number of hydrogen-bond acceptors (Lipinski definition) is 3. The van der Waals surface area contributed by atoms with E-state index in [1.54, 1.807) is 7.05 Å². The molecule has 0 aromatic heterocycles. The number of aliphatic hydroxyl groups excluding tert-OH is 1. The van der Waals surface area contributed by atoms with Crippen LogP contribution in [0.25, 0.3) is 0 Å². The minimum atomic E-state index is -0.308. The van der Waals surface area contributed by atoms with Gasteiger partial charge < -0.3 is 15.2 Å². The van der Waals surface area contributed by atoms with Crippen LogP contribution < -0.4 is 5.32 Å². The Kier molecular flexibility index (Phi) is 6.84. The Hall–Kier alpha value is -0.160. The minimum absolute atomic E-state index is 0.0276. The maximum Gasteiger partial charge on any atom is 0.110 e. The van der Waals surface area contributed by atoms with Crippen molar-refractivity contribution in [1.82, 2.24) is 5.32 Å². The molecule has 0 rings (SSSR count). The monoisotopic (exact) mass is 148 g/mol. The molecule has 0 saturated carbocycles. The van der Waals surface area contributed by atoms with Gasteiger partial charge in [0, 0.05) is 6.54 Å². The van der Waals surface area contributed by atoms with Gasteiger partial charge in [0.1, 0.15) is 6.61 Å². The van der Waals surface area contributed by atoms with Crippen molar-refractivity contribution in [3.63, 3.8) is 0 Å². The highest BCUT2D eigenvalue weighted by atomic mass is 16.5. The summed E-state index contributed by atoms with van der Waals surface area (Å²) in [4.78, 5) is 0. The topological polar surface area (TPSA) is 61.4 Å². The van der Waals surface area contributed by atoms with Gasteiger partial charge in [-0.05, 0) is 7.05 Å². The normalized spacial score (nSPS) is 13.5. The van der Waals surface area contributed by atoms with Gasteiger partial charge in [-0.25, -0.2) is 5.11 Å². The molecule has 0 aromatic carbocycles. The molecule has 0 spiro atoms. The molecule has 0 aliphatic heterocycles. The number of rotatable bonds is 6. The number of nitrogens with one attached hydrogen (secondary N) is 1. The van der Waals surface area contributed by atoms with Crippen LogP contribution >= 0.6 is 0 Å². The summed E-state index contributed by atoms with van der Waals surface area (Å²) < 4.78 is 4.96. The molecular formula is C6H14NO3. The lowest BCUT2D eigenvalue weighted by atomic mass is 10.4. The maximum absolute atomic E-state index is 10.3. The van der Waals surface area contributed by atoms with Gasteiger partial charge in [0.2, 0.25) is 0 Å². The Labute approximate surface area is 60.8 Å². The molecule has 0 aromatic rings. The van der Waals surface area contributed by atoms with Crippen LogP contribution in [-0.2, 0) is 9.84 Å². The van der Waals surface area contributed by atoms with E-state index in [4.69, 9.17) is 9.84 Å². The predicted molar refractivity (Wildman–Crippen MR) is 36.3 cm³/mol. The summed E-state index contributed by atoms with van der Waals surface area (Å²) >= 11 is 0. The average molecular weight is 148 g/mol. The Morgan fingerprint density at radius 1 is 1.70 bits per heavy atom. The average Bonchev–Trinajstić information content (AvgIpc) is 1.98. The molecule has 0 bridgehead atoms. The molecule has 0 fully saturated rings. The maximum atomic E-state index is 10.3. The van der Waals surface area contributed by atoms with Crippen molar-refractivity contribution >= 4 is 0 Å². The van der Waals surface area contributed by atoms with Crippen LogP contribution in [0.5, 0.6) is 0 Å². The van der Waals surface area contributed by atoms with Crippen LogP contribution in [-0.4, -0.2) is 44.6 Å². The van der Waals surface area contributed by atoms with E-state index in [0.717, 1.165) is 0 Å². The fraction of sp³-hybridized carbons (Fsp3) is 1.00. The lowest BCUT2D eigenvalue weighted by molar-refractivity contribution is -0.0195. The highest BCUT2D eigenvalue weighted by Crippen LogP contribution is 1.87. The number of hydrogen-bond donors (Lipinski definition) is 2. The van der Waals surface area contributed by atoms with Crippen molar-refractivity contribution in [2.45, 2.75) is 6.10 Å². The summed E-state index contributed by atoms with van der Waals surface area (Å²) in [5.74, 6) is 0. The molecule has 0 heterocycles. The molecule has 4 nitrogen and oxygen atoms in total. The highest BCUT2D eigenvalue weighted by Gasteiger charge is 2.05. The van der Waals surface area contributed by atoms with Gasteiger partial charge in [-0.3, -0.25) is 0 Å². The van der Waals surface area contributed by atoms with Crippen LogP contribution in [0, 0.1) is 0 Å². The zero-order valence-corrected chi connectivity index (χ0v) is 6.17. The van der Waals surface area contributed by atoms with Crippen molar-refractivity contribution in [1.29, 1.82) is 0 Å². The van der Waals surface area contributed by atoms with Gasteiger partial charge in [-0.1, -0.05) is 0 Å². The van der Waals surface area contributed by atoms with Gasteiger partial charge in [-0.15, -0.1) is 0 Å². The summed E-state index contributed by atoms with van der Waals surface area (Å²) in [6, 6.07) is 0. The summed E-state index contributed by atoms with van der Waals surface area (Å²) in [6.45, 7) is 0.499. The van der Waals surface area contributed by atoms with Gasteiger partial charge >= 0.3 is 0 Å². The third-order valence-electron chi connectivity index (χ3n) is 1.06. The molecule has 0 aliphatic rings. The zero-order valence-electron chi connectivity index (χ0n) is 6.17. The first-order valence-electron chi connectivity index (χ1n) is 3.30. The first-order valence-corrected chi connectivity index (χ1v) is 3.30. The van der Waals surface area contributed by atoms with Gasteiger partial charge in [0.25, 0.3) is 0 Å². The highest BCUT2D eigenvalue weighted by molar-refractivity contribution is 4.56. The van der Waals surface area contributed by atoms with Crippen LogP contribution in [0.15, 0.2) is 0 Å². The van der Waals surface area contributed by atoms with E-state index in [1.165, 1.54) is 0 Å². The molecule has 2 N–H and O–H groups in total. The fourth-order valence-corrected chi connectivity index (χ4v) is 0.613. The minimum Gasteiger partial charge on any atom is -0.394 e. The number of aliphatic hydroxyl groups is 1. The third-order valence-corrected chi connectivity index (χ3v) is 1.06. The van der Waals surface area contributed by atoms with E-state index in [1.807, 2.05) is 0 Å². The van der Waals surface area contributed by atoms with Crippen molar-refractivity contribution in [2.75, 3.05) is 33.4 Å². The van der Waals surface area contributed by atoms with E-state index in [0.29, 0.717) is 6.54 Å². The van der Waals surface area contributed by atoms with Gasteiger partial charge in [0.15, 0.2) is 0 Å². The first kappa shape index (κ1) is 9.84. The molecule has 61 valence electrons. The Morgan fingerprint density at radius 2 is 2.40 bits per heavy atom. The van der Waals surface area contributed by atoms with E-state index >= 15 is 0 Å². The summed E-state index contributed by atoms with van der Waals surface area (Å²) in [5, 5.41) is 21.4. The Balaban J connectivity index is 3.21. The molecule has 0 saturated heterocycles. The van der Waals surface area contributed by atoms with Crippen LogP contribution in [0.2, 0.25) is 0 Å². The standard InChI is InChI=1S/C6H14NO3/c1-7-4-6(5-9)10-3-2-8/h6-8H,2-5H2,1H3. The van der Waals surface area contributed by atoms with E-state index in [9.17, 15) is 5.11 Å². The SMILES string of the molecule is CNCC(C[O])OCCO.